The summed E-state index contributed by atoms with van der Waals surface area (Å²) in [5.41, 5.74) is 5.78. The topological polar surface area (TPSA) is 58.4 Å². The molecular weight excluding hydrogens is 274 g/mol. The molecule has 0 aliphatic carbocycles. The first-order chi connectivity index (χ1) is 9.11. The van der Waals surface area contributed by atoms with Crippen molar-refractivity contribution < 1.29 is 4.79 Å². The number of rotatable bonds is 8. The monoisotopic (exact) mass is 305 g/mol. The van der Waals surface area contributed by atoms with Gasteiger partial charge in [0.15, 0.2) is 0 Å². The van der Waals surface area contributed by atoms with E-state index < -0.39 is 0 Å². The van der Waals surface area contributed by atoms with Crippen molar-refractivity contribution >= 4 is 18.3 Å². The van der Waals surface area contributed by atoms with Crippen LogP contribution in [0.4, 0.5) is 0 Å². The Kier molecular flexibility index (Phi) is 11.2. The van der Waals surface area contributed by atoms with Gasteiger partial charge in [-0.1, -0.05) is 26.7 Å². The highest BCUT2D eigenvalue weighted by Crippen LogP contribution is 2.09. The number of nitrogens with one attached hydrogen (secondary N) is 1. The standard InChI is InChI=1S/C15H31N3O.ClH/c1-13(2)14(16)15(19)17-9-5-3-6-10-18-11-7-4-8-12-18;/h13-14H,3-12,16H2,1-2H3,(H,17,19);1H/t14-;/m0./s1. The van der Waals surface area contributed by atoms with Crippen LogP contribution in [0.15, 0.2) is 0 Å². The van der Waals surface area contributed by atoms with Gasteiger partial charge in [-0.15, -0.1) is 12.4 Å². The van der Waals surface area contributed by atoms with Gasteiger partial charge in [0.05, 0.1) is 6.04 Å². The van der Waals surface area contributed by atoms with Gasteiger partial charge in [-0.25, -0.2) is 0 Å². The number of carbonyl (C=O) groups excluding carboxylic acids is 1. The van der Waals surface area contributed by atoms with Crippen molar-refractivity contribution in [2.24, 2.45) is 11.7 Å². The molecule has 0 radical (unpaired) electrons. The summed E-state index contributed by atoms with van der Waals surface area (Å²) >= 11 is 0. The summed E-state index contributed by atoms with van der Waals surface area (Å²) in [6.45, 7) is 8.49. The van der Waals surface area contributed by atoms with E-state index in [9.17, 15) is 4.79 Å². The first-order valence-electron chi connectivity index (χ1n) is 7.87. The average Bonchev–Trinajstić information content (AvgIpc) is 2.42. The molecule has 0 spiro atoms. The van der Waals surface area contributed by atoms with Crippen molar-refractivity contribution in [2.45, 2.75) is 58.4 Å². The van der Waals surface area contributed by atoms with Crippen LogP contribution in [-0.4, -0.2) is 43.0 Å². The lowest BCUT2D eigenvalue weighted by atomic mass is 10.1. The zero-order valence-electron chi connectivity index (χ0n) is 13.1. The molecule has 3 N–H and O–H groups in total. The Balaban J connectivity index is 0.00000361. The number of hydrogen-bond donors (Lipinski definition) is 2. The maximum atomic E-state index is 11.6. The highest BCUT2D eigenvalue weighted by Gasteiger charge is 2.16. The van der Waals surface area contributed by atoms with Crippen LogP contribution in [0, 0.1) is 5.92 Å². The molecule has 1 heterocycles. The first-order valence-corrected chi connectivity index (χ1v) is 7.87. The SMILES string of the molecule is CC(C)[C@H](N)C(=O)NCCCCCN1CCCCC1.Cl. The molecule has 1 saturated heterocycles. The molecule has 0 aromatic carbocycles. The van der Waals surface area contributed by atoms with E-state index in [1.54, 1.807) is 0 Å². The Morgan fingerprint density at radius 3 is 2.40 bits per heavy atom. The fourth-order valence-corrected chi connectivity index (χ4v) is 2.45. The van der Waals surface area contributed by atoms with E-state index >= 15 is 0 Å². The fraction of sp³-hybridized carbons (Fsp3) is 0.933. The molecule has 120 valence electrons. The summed E-state index contributed by atoms with van der Waals surface area (Å²) in [7, 11) is 0. The molecule has 20 heavy (non-hydrogen) atoms. The Labute approximate surface area is 130 Å². The molecule has 0 unspecified atom stereocenters. The van der Waals surface area contributed by atoms with Crippen molar-refractivity contribution in [1.82, 2.24) is 10.2 Å². The summed E-state index contributed by atoms with van der Waals surface area (Å²) in [6, 6.07) is -0.367. The second-order valence-electron chi connectivity index (χ2n) is 6.02. The second-order valence-corrected chi connectivity index (χ2v) is 6.02. The molecule has 0 saturated carbocycles. The second kappa shape index (κ2) is 11.4. The van der Waals surface area contributed by atoms with E-state index in [4.69, 9.17) is 5.73 Å². The van der Waals surface area contributed by atoms with Crippen molar-refractivity contribution in [3.8, 4) is 0 Å². The molecule has 0 aromatic heterocycles. The third-order valence-electron chi connectivity index (χ3n) is 3.92. The molecular formula is C15H32ClN3O. The predicted octanol–water partition coefficient (Wildman–Crippen LogP) is 2.16. The summed E-state index contributed by atoms with van der Waals surface area (Å²) in [5, 5.41) is 2.92. The van der Waals surface area contributed by atoms with Gasteiger partial charge in [0.25, 0.3) is 0 Å². The van der Waals surface area contributed by atoms with Gasteiger partial charge in [-0.3, -0.25) is 4.79 Å². The molecule has 0 bridgehead atoms. The minimum atomic E-state index is -0.367. The highest BCUT2D eigenvalue weighted by atomic mass is 35.5. The van der Waals surface area contributed by atoms with E-state index in [1.165, 1.54) is 51.7 Å². The Bertz CT molecular complexity index is 256. The third-order valence-corrected chi connectivity index (χ3v) is 3.92. The van der Waals surface area contributed by atoms with Crippen LogP contribution in [-0.2, 0) is 4.79 Å². The van der Waals surface area contributed by atoms with Crippen LogP contribution in [0.25, 0.3) is 0 Å². The third kappa shape index (κ3) is 8.08. The number of amides is 1. The molecule has 1 aliphatic heterocycles. The summed E-state index contributed by atoms with van der Waals surface area (Å²) in [6.07, 6.45) is 7.62. The minimum absolute atomic E-state index is 0. The zero-order valence-corrected chi connectivity index (χ0v) is 13.9. The molecule has 0 aromatic rings. The van der Waals surface area contributed by atoms with Gasteiger partial charge < -0.3 is 16.0 Å². The van der Waals surface area contributed by atoms with Gasteiger partial charge in [0, 0.05) is 6.54 Å². The van der Waals surface area contributed by atoms with E-state index in [-0.39, 0.29) is 30.3 Å². The number of nitrogens with two attached hydrogens (primary N) is 1. The van der Waals surface area contributed by atoms with Crippen LogP contribution < -0.4 is 11.1 Å². The van der Waals surface area contributed by atoms with Crippen LogP contribution in [0.3, 0.4) is 0 Å². The Morgan fingerprint density at radius 1 is 1.15 bits per heavy atom. The lowest BCUT2D eigenvalue weighted by molar-refractivity contribution is -0.123. The summed E-state index contributed by atoms with van der Waals surface area (Å²) in [5.74, 6) is 0.199. The van der Waals surface area contributed by atoms with Gasteiger partial charge in [-0.05, 0) is 51.2 Å². The van der Waals surface area contributed by atoms with Crippen molar-refractivity contribution in [3.05, 3.63) is 0 Å². The largest absolute Gasteiger partial charge is 0.355 e. The van der Waals surface area contributed by atoms with Gasteiger partial charge in [0.2, 0.25) is 5.91 Å². The molecule has 5 heteroatoms. The summed E-state index contributed by atoms with van der Waals surface area (Å²) < 4.78 is 0. The van der Waals surface area contributed by atoms with Crippen LogP contribution in [0.1, 0.15) is 52.4 Å². The Morgan fingerprint density at radius 2 is 1.80 bits per heavy atom. The average molecular weight is 306 g/mol. The number of hydrogen-bond acceptors (Lipinski definition) is 3. The van der Waals surface area contributed by atoms with Crippen molar-refractivity contribution in [3.63, 3.8) is 0 Å². The number of nitrogens with zero attached hydrogens (tertiary/aromatic N) is 1. The van der Waals surface area contributed by atoms with Crippen LogP contribution in [0.2, 0.25) is 0 Å². The van der Waals surface area contributed by atoms with Crippen molar-refractivity contribution in [1.29, 1.82) is 0 Å². The lowest BCUT2D eigenvalue weighted by Gasteiger charge is -2.26. The van der Waals surface area contributed by atoms with E-state index in [2.05, 4.69) is 10.2 Å². The lowest BCUT2D eigenvalue weighted by Crippen LogP contribution is -2.44. The van der Waals surface area contributed by atoms with Crippen LogP contribution in [0.5, 0.6) is 0 Å². The number of likely N-dealkylation sites (tertiary alicyclic amines) is 1. The molecule has 1 amide bonds. The van der Waals surface area contributed by atoms with Gasteiger partial charge in [-0.2, -0.15) is 0 Å². The normalized spacial score (nSPS) is 17.6. The first kappa shape index (κ1) is 19.7. The number of carbonyl (C=O) groups is 1. The minimum Gasteiger partial charge on any atom is -0.355 e. The molecule has 1 atom stereocenters. The maximum Gasteiger partial charge on any atom is 0.237 e. The zero-order chi connectivity index (χ0) is 14.1. The molecule has 1 rings (SSSR count). The molecule has 1 aliphatic rings. The number of piperidine rings is 1. The summed E-state index contributed by atoms with van der Waals surface area (Å²) in [4.78, 5) is 14.2. The van der Waals surface area contributed by atoms with E-state index in [1.807, 2.05) is 13.8 Å². The highest BCUT2D eigenvalue weighted by molar-refractivity contribution is 5.85. The Hall–Kier alpha value is -0.320. The molecule has 1 fully saturated rings. The van der Waals surface area contributed by atoms with Gasteiger partial charge in [0.1, 0.15) is 0 Å². The van der Waals surface area contributed by atoms with Gasteiger partial charge >= 0.3 is 0 Å². The predicted molar refractivity (Wildman–Crippen MR) is 87.2 cm³/mol. The number of unbranched alkanes of at least 4 members (excludes halogenated alkanes) is 2. The number of halogens is 1. The van der Waals surface area contributed by atoms with Crippen LogP contribution >= 0.6 is 12.4 Å². The smallest absolute Gasteiger partial charge is 0.237 e. The van der Waals surface area contributed by atoms with Crippen molar-refractivity contribution in [2.75, 3.05) is 26.2 Å². The van der Waals surface area contributed by atoms with E-state index in [0.29, 0.717) is 0 Å². The van der Waals surface area contributed by atoms with E-state index in [0.717, 1.165) is 13.0 Å². The fourth-order valence-electron chi connectivity index (χ4n) is 2.45. The molecule has 4 nitrogen and oxygen atoms in total. The maximum absolute atomic E-state index is 11.6. The quantitative estimate of drug-likeness (QED) is 0.676.